The number of hydrogen-bond donors (Lipinski definition) is 1. The van der Waals surface area contributed by atoms with E-state index in [0.29, 0.717) is 31.0 Å². The van der Waals surface area contributed by atoms with E-state index in [-0.39, 0.29) is 11.6 Å². The van der Waals surface area contributed by atoms with Crippen LogP contribution in [0.25, 0.3) is 0 Å². The molecule has 1 aromatic rings. The zero-order valence-electron chi connectivity index (χ0n) is 12.1. The van der Waals surface area contributed by atoms with Gasteiger partial charge in [-0.25, -0.2) is 12.8 Å². The highest BCUT2D eigenvalue weighted by molar-refractivity contribution is 8.01. The Kier molecular flexibility index (Phi) is 5.51. The van der Waals surface area contributed by atoms with Gasteiger partial charge in [0.15, 0.2) is 9.84 Å². The molecule has 2 N–H and O–H groups in total. The van der Waals surface area contributed by atoms with Crippen molar-refractivity contribution >= 4 is 27.3 Å². The van der Waals surface area contributed by atoms with Crippen LogP contribution in [0.15, 0.2) is 18.2 Å². The number of sulfone groups is 1. The van der Waals surface area contributed by atoms with Gasteiger partial charge >= 0.3 is 0 Å². The van der Waals surface area contributed by atoms with Crippen molar-refractivity contribution in [3.05, 3.63) is 29.6 Å². The fraction of sp³-hybridized carbons (Fsp3) is 0.571. The first kappa shape index (κ1) is 16.6. The first-order valence-electron chi connectivity index (χ1n) is 7.04. The number of halogens is 1. The van der Waals surface area contributed by atoms with Crippen LogP contribution in [0.1, 0.15) is 12.5 Å². The van der Waals surface area contributed by atoms with Crippen molar-refractivity contribution in [2.24, 2.45) is 5.73 Å². The number of thioether (sulfide) groups is 1. The van der Waals surface area contributed by atoms with Crippen LogP contribution >= 0.6 is 11.8 Å². The molecule has 0 amide bonds. The third kappa shape index (κ3) is 3.52. The lowest BCUT2D eigenvalue weighted by atomic mass is 10.1. The van der Waals surface area contributed by atoms with Crippen LogP contribution in [-0.2, 0) is 16.3 Å². The lowest BCUT2D eigenvalue weighted by Gasteiger charge is -2.37. The van der Waals surface area contributed by atoms with Crippen molar-refractivity contribution < 1.29 is 12.8 Å². The molecule has 0 saturated carbocycles. The first-order chi connectivity index (χ1) is 10.0. The Balaban J connectivity index is 2.47. The van der Waals surface area contributed by atoms with Crippen molar-refractivity contribution in [3.63, 3.8) is 0 Å². The maximum absolute atomic E-state index is 14.3. The van der Waals surface area contributed by atoms with E-state index < -0.39 is 15.2 Å². The Hall–Kier alpha value is -0.790. The quantitative estimate of drug-likeness (QED) is 0.888. The van der Waals surface area contributed by atoms with E-state index in [4.69, 9.17) is 5.73 Å². The number of benzene rings is 1. The molecule has 1 aromatic carbocycles. The molecule has 7 heteroatoms. The molecule has 1 atom stereocenters. The van der Waals surface area contributed by atoms with E-state index in [9.17, 15) is 12.8 Å². The summed E-state index contributed by atoms with van der Waals surface area (Å²) in [7, 11) is -3.26. The molecule has 0 radical (unpaired) electrons. The first-order valence-corrected chi connectivity index (χ1v) is 9.91. The standard InChI is InChI=1S/C14H21FN2O2S2/c1-2-21(18,19)13-10-20-9-8-17(13)14-11(6-7-16)4-3-5-12(14)15/h3-5,13H,2,6-10,16H2,1H3. The molecular weight excluding hydrogens is 311 g/mol. The molecule has 1 unspecified atom stereocenters. The van der Waals surface area contributed by atoms with Gasteiger partial charge in [-0.05, 0) is 24.6 Å². The SMILES string of the molecule is CCS(=O)(=O)C1CSCCN1c1c(F)cccc1CCN. The summed E-state index contributed by atoms with van der Waals surface area (Å²) in [5.41, 5.74) is 6.78. The van der Waals surface area contributed by atoms with Gasteiger partial charge in [-0.15, -0.1) is 0 Å². The zero-order valence-corrected chi connectivity index (χ0v) is 13.7. The highest BCUT2D eigenvalue weighted by Gasteiger charge is 2.35. The van der Waals surface area contributed by atoms with E-state index in [1.165, 1.54) is 6.07 Å². The molecule has 0 aromatic heterocycles. The fourth-order valence-electron chi connectivity index (χ4n) is 2.57. The average Bonchev–Trinajstić information content (AvgIpc) is 2.48. The summed E-state index contributed by atoms with van der Waals surface area (Å²) in [6.07, 6.45) is 0.537. The summed E-state index contributed by atoms with van der Waals surface area (Å²) in [4.78, 5) is 1.72. The average molecular weight is 332 g/mol. The Morgan fingerprint density at radius 2 is 2.24 bits per heavy atom. The van der Waals surface area contributed by atoms with E-state index in [2.05, 4.69) is 0 Å². The molecular formula is C14H21FN2O2S2. The molecule has 0 bridgehead atoms. The number of nitrogens with zero attached hydrogens (tertiary/aromatic N) is 1. The highest BCUT2D eigenvalue weighted by atomic mass is 32.2. The third-order valence-electron chi connectivity index (χ3n) is 3.67. The molecule has 1 aliphatic heterocycles. The topological polar surface area (TPSA) is 63.4 Å². The fourth-order valence-corrected chi connectivity index (χ4v) is 5.54. The smallest absolute Gasteiger partial charge is 0.171 e. The molecule has 4 nitrogen and oxygen atoms in total. The molecule has 118 valence electrons. The maximum Gasteiger partial charge on any atom is 0.171 e. The number of para-hydroxylation sites is 1. The van der Waals surface area contributed by atoms with Crippen LogP contribution in [-0.4, -0.2) is 44.1 Å². The van der Waals surface area contributed by atoms with Crippen molar-refractivity contribution in [2.75, 3.05) is 35.2 Å². The number of nitrogens with two attached hydrogens (primary N) is 1. The van der Waals surface area contributed by atoms with Crippen LogP contribution in [0.4, 0.5) is 10.1 Å². The Morgan fingerprint density at radius 1 is 1.48 bits per heavy atom. The zero-order chi connectivity index (χ0) is 15.5. The van der Waals surface area contributed by atoms with Gasteiger partial charge < -0.3 is 10.6 Å². The van der Waals surface area contributed by atoms with Gasteiger partial charge in [0, 0.05) is 23.8 Å². The predicted molar refractivity (Wildman–Crippen MR) is 87.1 cm³/mol. The Morgan fingerprint density at radius 3 is 2.90 bits per heavy atom. The third-order valence-corrected chi connectivity index (χ3v) is 6.96. The minimum atomic E-state index is -3.26. The second kappa shape index (κ2) is 6.98. The van der Waals surface area contributed by atoms with Crippen LogP contribution in [0.3, 0.4) is 0 Å². The van der Waals surface area contributed by atoms with E-state index >= 15 is 0 Å². The molecule has 0 aliphatic carbocycles. The summed E-state index contributed by atoms with van der Waals surface area (Å²) in [5.74, 6) is 0.970. The maximum atomic E-state index is 14.3. The number of hydrogen-bond acceptors (Lipinski definition) is 5. The number of rotatable bonds is 5. The van der Waals surface area contributed by atoms with Gasteiger partial charge in [0.2, 0.25) is 0 Å². The molecule has 21 heavy (non-hydrogen) atoms. The molecule has 1 saturated heterocycles. The summed E-state index contributed by atoms with van der Waals surface area (Å²) in [6, 6.07) is 4.85. The Labute approximate surface area is 129 Å². The summed E-state index contributed by atoms with van der Waals surface area (Å²) in [5, 5.41) is -0.658. The van der Waals surface area contributed by atoms with Crippen molar-refractivity contribution in [2.45, 2.75) is 18.7 Å². The lowest BCUT2D eigenvalue weighted by Crippen LogP contribution is -2.48. The summed E-state index contributed by atoms with van der Waals surface area (Å²) in [6.45, 7) is 2.58. The van der Waals surface area contributed by atoms with Crippen molar-refractivity contribution in [1.82, 2.24) is 0 Å². The minimum Gasteiger partial charge on any atom is -0.351 e. The Bertz CT molecular complexity index is 593. The second-order valence-corrected chi connectivity index (χ2v) is 8.56. The summed E-state index contributed by atoms with van der Waals surface area (Å²) >= 11 is 1.60. The molecule has 1 aliphatic rings. The van der Waals surface area contributed by atoms with Crippen LogP contribution in [0.5, 0.6) is 0 Å². The van der Waals surface area contributed by atoms with Crippen LogP contribution in [0.2, 0.25) is 0 Å². The van der Waals surface area contributed by atoms with E-state index in [1.54, 1.807) is 29.7 Å². The lowest BCUT2D eigenvalue weighted by molar-refractivity contribution is 0.573. The van der Waals surface area contributed by atoms with Gasteiger partial charge in [-0.2, -0.15) is 11.8 Å². The van der Waals surface area contributed by atoms with Gasteiger partial charge in [0.25, 0.3) is 0 Å². The predicted octanol–water partition coefficient (Wildman–Crippen LogP) is 1.64. The largest absolute Gasteiger partial charge is 0.351 e. The summed E-state index contributed by atoms with van der Waals surface area (Å²) < 4.78 is 39.0. The molecule has 0 spiro atoms. The monoisotopic (exact) mass is 332 g/mol. The molecule has 2 rings (SSSR count). The van der Waals surface area contributed by atoms with Crippen LogP contribution < -0.4 is 10.6 Å². The minimum absolute atomic E-state index is 0.0649. The van der Waals surface area contributed by atoms with Gasteiger partial charge in [-0.3, -0.25) is 0 Å². The molecule has 1 heterocycles. The van der Waals surface area contributed by atoms with Gasteiger partial charge in [0.1, 0.15) is 11.2 Å². The molecule has 1 fully saturated rings. The second-order valence-electron chi connectivity index (χ2n) is 4.96. The number of anilines is 1. The van der Waals surface area contributed by atoms with Crippen molar-refractivity contribution in [3.8, 4) is 0 Å². The van der Waals surface area contributed by atoms with E-state index in [0.717, 1.165) is 11.3 Å². The van der Waals surface area contributed by atoms with Crippen LogP contribution in [0, 0.1) is 5.82 Å². The van der Waals surface area contributed by atoms with E-state index in [1.807, 2.05) is 6.07 Å². The van der Waals surface area contributed by atoms with Gasteiger partial charge in [-0.1, -0.05) is 19.1 Å². The normalized spacial score (nSPS) is 19.8. The van der Waals surface area contributed by atoms with Crippen molar-refractivity contribution in [1.29, 1.82) is 0 Å². The van der Waals surface area contributed by atoms with Gasteiger partial charge in [0.05, 0.1) is 5.69 Å². The highest BCUT2D eigenvalue weighted by Crippen LogP contribution is 2.32.